The first-order valence-corrected chi connectivity index (χ1v) is 5.89. The van der Waals surface area contributed by atoms with Crippen molar-refractivity contribution in [2.75, 3.05) is 7.11 Å². The van der Waals surface area contributed by atoms with Gasteiger partial charge in [-0.3, -0.25) is 4.79 Å². The monoisotopic (exact) mass is 251 g/mol. The van der Waals surface area contributed by atoms with Crippen molar-refractivity contribution in [3.63, 3.8) is 0 Å². The van der Waals surface area contributed by atoms with Crippen LogP contribution in [-0.2, 0) is 6.42 Å². The lowest BCUT2D eigenvalue weighted by atomic mass is 10.0. The molecule has 2 rings (SSSR count). The van der Waals surface area contributed by atoms with Gasteiger partial charge in [0.15, 0.2) is 5.78 Å². The standard InChI is InChI=1S/C16H13NO2/c1-19-15-8-6-14(7-9-15)16(18)10-12-2-4-13(11-17)5-3-12/h2-9H,10H2,1H3. The molecule has 0 heterocycles. The molecule has 0 atom stereocenters. The predicted octanol–water partition coefficient (Wildman–Crippen LogP) is 2.99. The number of methoxy groups -OCH3 is 1. The molecule has 0 aliphatic heterocycles. The van der Waals surface area contributed by atoms with E-state index in [4.69, 9.17) is 10.00 Å². The van der Waals surface area contributed by atoms with Crippen LogP contribution in [0.2, 0.25) is 0 Å². The number of ether oxygens (including phenoxy) is 1. The van der Waals surface area contributed by atoms with Crippen LogP contribution < -0.4 is 4.74 Å². The molecular formula is C16H13NO2. The average Bonchev–Trinajstić information content (AvgIpc) is 2.48. The molecule has 0 spiro atoms. The molecule has 2 aromatic carbocycles. The lowest BCUT2D eigenvalue weighted by Crippen LogP contribution is -2.03. The number of rotatable bonds is 4. The molecule has 0 radical (unpaired) electrons. The largest absolute Gasteiger partial charge is 0.497 e. The Labute approximate surface area is 112 Å². The summed E-state index contributed by atoms with van der Waals surface area (Å²) in [4.78, 5) is 12.1. The Bertz CT molecular complexity index is 607. The lowest BCUT2D eigenvalue weighted by Gasteiger charge is -2.03. The molecule has 0 aliphatic carbocycles. The maximum Gasteiger partial charge on any atom is 0.167 e. The van der Waals surface area contributed by atoms with E-state index in [1.807, 2.05) is 0 Å². The molecule has 94 valence electrons. The van der Waals surface area contributed by atoms with Gasteiger partial charge < -0.3 is 4.74 Å². The van der Waals surface area contributed by atoms with Gasteiger partial charge >= 0.3 is 0 Å². The van der Waals surface area contributed by atoms with Crippen LogP contribution in [0.15, 0.2) is 48.5 Å². The van der Waals surface area contributed by atoms with Gasteiger partial charge in [-0.05, 0) is 42.0 Å². The summed E-state index contributed by atoms with van der Waals surface area (Å²) in [5, 5.41) is 8.71. The normalized spacial score (nSPS) is 9.68. The van der Waals surface area contributed by atoms with Crippen LogP contribution in [0.5, 0.6) is 5.75 Å². The van der Waals surface area contributed by atoms with Crippen LogP contribution in [-0.4, -0.2) is 12.9 Å². The number of benzene rings is 2. The Morgan fingerprint density at radius 2 is 1.74 bits per heavy atom. The van der Waals surface area contributed by atoms with Crippen molar-refractivity contribution < 1.29 is 9.53 Å². The van der Waals surface area contributed by atoms with E-state index in [-0.39, 0.29) is 5.78 Å². The van der Waals surface area contributed by atoms with Gasteiger partial charge in [0, 0.05) is 12.0 Å². The van der Waals surface area contributed by atoms with E-state index in [9.17, 15) is 4.79 Å². The fraction of sp³-hybridized carbons (Fsp3) is 0.125. The molecule has 3 nitrogen and oxygen atoms in total. The van der Waals surface area contributed by atoms with E-state index in [1.165, 1.54) is 0 Å². The minimum absolute atomic E-state index is 0.0485. The molecule has 19 heavy (non-hydrogen) atoms. The van der Waals surface area contributed by atoms with E-state index in [1.54, 1.807) is 55.6 Å². The van der Waals surface area contributed by atoms with Crippen LogP contribution in [0, 0.1) is 11.3 Å². The Hall–Kier alpha value is -2.60. The van der Waals surface area contributed by atoms with Gasteiger partial charge in [-0.25, -0.2) is 0 Å². The number of carbonyl (C=O) groups is 1. The van der Waals surface area contributed by atoms with Crippen molar-refractivity contribution >= 4 is 5.78 Å². The topological polar surface area (TPSA) is 50.1 Å². The van der Waals surface area contributed by atoms with Crippen molar-refractivity contribution in [3.05, 3.63) is 65.2 Å². The Balaban J connectivity index is 2.09. The van der Waals surface area contributed by atoms with E-state index >= 15 is 0 Å². The van der Waals surface area contributed by atoms with Crippen LogP contribution in [0.1, 0.15) is 21.5 Å². The maximum atomic E-state index is 12.1. The number of ketones is 1. The van der Waals surface area contributed by atoms with E-state index in [2.05, 4.69) is 6.07 Å². The molecule has 0 amide bonds. The van der Waals surface area contributed by atoms with E-state index in [0.29, 0.717) is 17.5 Å². The molecule has 0 unspecified atom stereocenters. The lowest BCUT2D eigenvalue weighted by molar-refractivity contribution is 0.0993. The highest BCUT2D eigenvalue weighted by atomic mass is 16.5. The quantitative estimate of drug-likeness (QED) is 0.785. The average molecular weight is 251 g/mol. The summed E-state index contributed by atoms with van der Waals surface area (Å²) in [7, 11) is 1.59. The zero-order valence-corrected chi connectivity index (χ0v) is 10.6. The van der Waals surface area contributed by atoms with Crippen molar-refractivity contribution in [2.45, 2.75) is 6.42 Å². The third kappa shape index (κ3) is 3.20. The first-order valence-electron chi connectivity index (χ1n) is 5.89. The molecule has 0 aliphatic rings. The third-order valence-corrected chi connectivity index (χ3v) is 2.86. The molecule has 2 aromatic rings. The van der Waals surface area contributed by atoms with Crippen LogP contribution in [0.4, 0.5) is 0 Å². The molecule has 0 aromatic heterocycles. The van der Waals surface area contributed by atoms with Gasteiger partial charge in [0.1, 0.15) is 5.75 Å². The van der Waals surface area contributed by atoms with Crippen molar-refractivity contribution in [2.24, 2.45) is 0 Å². The fourth-order valence-corrected chi connectivity index (χ4v) is 1.76. The summed E-state index contributed by atoms with van der Waals surface area (Å²) in [6.45, 7) is 0. The second-order valence-electron chi connectivity index (χ2n) is 4.14. The molecule has 0 N–H and O–H groups in total. The van der Waals surface area contributed by atoms with Gasteiger partial charge in [0.05, 0.1) is 18.7 Å². The maximum absolute atomic E-state index is 12.1. The molecule has 0 saturated heterocycles. The van der Waals surface area contributed by atoms with Gasteiger partial charge in [0.25, 0.3) is 0 Å². The van der Waals surface area contributed by atoms with Gasteiger partial charge in [0.2, 0.25) is 0 Å². The van der Waals surface area contributed by atoms with Crippen molar-refractivity contribution in [1.82, 2.24) is 0 Å². The molecule has 0 bridgehead atoms. The second-order valence-corrected chi connectivity index (χ2v) is 4.14. The second kappa shape index (κ2) is 5.83. The first-order chi connectivity index (χ1) is 9.22. The fourth-order valence-electron chi connectivity index (χ4n) is 1.76. The highest BCUT2D eigenvalue weighted by Crippen LogP contribution is 2.14. The predicted molar refractivity (Wildman–Crippen MR) is 72.2 cm³/mol. The van der Waals surface area contributed by atoms with Gasteiger partial charge in [-0.2, -0.15) is 5.26 Å². The number of nitrogens with zero attached hydrogens (tertiary/aromatic N) is 1. The van der Waals surface area contributed by atoms with Crippen molar-refractivity contribution in [3.8, 4) is 11.8 Å². The van der Waals surface area contributed by atoms with Crippen LogP contribution >= 0.6 is 0 Å². The van der Waals surface area contributed by atoms with Gasteiger partial charge in [-0.1, -0.05) is 12.1 Å². The Kier molecular flexibility index (Phi) is 3.94. The first kappa shape index (κ1) is 12.8. The highest BCUT2D eigenvalue weighted by Gasteiger charge is 2.07. The van der Waals surface area contributed by atoms with Crippen LogP contribution in [0.25, 0.3) is 0 Å². The Morgan fingerprint density at radius 3 is 2.26 bits per heavy atom. The number of nitriles is 1. The summed E-state index contributed by atoms with van der Waals surface area (Å²) in [6.07, 6.45) is 0.331. The summed E-state index contributed by atoms with van der Waals surface area (Å²) in [6, 6.07) is 16.2. The molecule has 0 saturated carbocycles. The summed E-state index contributed by atoms with van der Waals surface area (Å²) in [5.41, 5.74) is 2.16. The summed E-state index contributed by atoms with van der Waals surface area (Å²) >= 11 is 0. The van der Waals surface area contributed by atoms with Crippen molar-refractivity contribution in [1.29, 1.82) is 5.26 Å². The Morgan fingerprint density at radius 1 is 1.11 bits per heavy atom. The smallest absolute Gasteiger partial charge is 0.167 e. The van der Waals surface area contributed by atoms with E-state index < -0.39 is 0 Å². The zero-order valence-electron chi connectivity index (χ0n) is 10.6. The highest BCUT2D eigenvalue weighted by molar-refractivity contribution is 5.97. The molecule has 3 heteroatoms. The summed E-state index contributed by atoms with van der Waals surface area (Å²) < 4.78 is 5.05. The number of Topliss-reactive ketones (excluding diaryl/α,β-unsaturated/α-hetero) is 1. The number of hydrogen-bond acceptors (Lipinski definition) is 3. The summed E-state index contributed by atoms with van der Waals surface area (Å²) in [5.74, 6) is 0.780. The number of carbonyl (C=O) groups excluding carboxylic acids is 1. The SMILES string of the molecule is COc1ccc(C(=O)Cc2ccc(C#N)cc2)cc1. The van der Waals surface area contributed by atoms with E-state index in [0.717, 1.165) is 11.3 Å². The van der Waals surface area contributed by atoms with Gasteiger partial charge in [-0.15, -0.1) is 0 Å². The molecule has 0 fully saturated rings. The minimum atomic E-state index is 0.0485. The molecular weight excluding hydrogens is 238 g/mol. The minimum Gasteiger partial charge on any atom is -0.497 e. The number of hydrogen-bond donors (Lipinski definition) is 0. The third-order valence-electron chi connectivity index (χ3n) is 2.86. The zero-order chi connectivity index (χ0) is 13.7. The van der Waals surface area contributed by atoms with Crippen LogP contribution in [0.3, 0.4) is 0 Å².